The van der Waals surface area contributed by atoms with Crippen molar-refractivity contribution in [1.29, 1.82) is 0 Å². The number of rotatable bonds is 61. The summed E-state index contributed by atoms with van der Waals surface area (Å²) in [7, 11) is 0. The molecule has 12 N–H and O–H groups in total. The van der Waals surface area contributed by atoms with Gasteiger partial charge in [0.25, 0.3) is 0 Å². The molecule has 3 aliphatic rings. The van der Waals surface area contributed by atoms with E-state index in [1.54, 1.807) is 6.08 Å². The van der Waals surface area contributed by atoms with E-state index < -0.39 is 124 Å². The van der Waals surface area contributed by atoms with Crippen LogP contribution in [0.5, 0.6) is 0 Å². The molecule has 95 heavy (non-hydrogen) atoms. The highest BCUT2D eigenvalue weighted by Gasteiger charge is 2.53. The summed E-state index contributed by atoms with van der Waals surface area (Å²) in [5.74, 6) is -0.286. The second-order valence-electron chi connectivity index (χ2n) is 27.8. The first-order valence-electron chi connectivity index (χ1n) is 38.7. The molecular weight excluding hydrogens is 1210 g/mol. The van der Waals surface area contributed by atoms with E-state index in [0.29, 0.717) is 12.8 Å². The van der Waals surface area contributed by atoms with E-state index in [2.05, 4.69) is 43.5 Å². The number of aliphatic hydroxyl groups excluding tert-OH is 11. The molecule has 1 amide bonds. The van der Waals surface area contributed by atoms with Crippen LogP contribution in [0.1, 0.15) is 309 Å². The molecule has 0 aliphatic carbocycles. The van der Waals surface area contributed by atoms with Crippen molar-refractivity contribution in [3.63, 3.8) is 0 Å². The van der Waals surface area contributed by atoms with Gasteiger partial charge in [-0.15, -0.1) is 0 Å². The first-order valence-corrected chi connectivity index (χ1v) is 38.7. The molecule has 19 heteroatoms. The fourth-order valence-electron chi connectivity index (χ4n) is 13.2. The maximum Gasteiger partial charge on any atom is 0.220 e. The highest BCUT2D eigenvalue weighted by atomic mass is 16.8. The lowest BCUT2D eigenvalue weighted by molar-refractivity contribution is -0.379. The van der Waals surface area contributed by atoms with Crippen LogP contribution in [0.3, 0.4) is 0 Å². The average molecular weight is 1360 g/mol. The van der Waals surface area contributed by atoms with Crippen LogP contribution in [-0.4, -0.2) is 193 Å². The van der Waals surface area contributed by atoms with Crippen molar-refractivity contribution in [2.45, 2.75) is 413 Å². The largest absolute Gasteiger partial charge is 0.394 e. The molecule has 17 atom stereocenters. The van der Waals surface area contributed by atoms with Gasteiger partial charge in [0.05, 0.1) is 38.6 Å². The Balaban J connectivity index is 1.28. The molecular formula is C76H141NO18. The van der Waals surface area contributed by atoms with E-state index in [-0.39, 0.29) is 18.9 Å². The zero-order valence-corrected chi connectivity index (χ0v) is 59.4. The van der Waals surface area contributed by atoms with E-state index >= 15 is 0 Å². The first-order chi connectivity index (χ1) is 46.3. The Labute approximate surface area is 574 Å². The predicted molar refractivity (Wildman–Crippen MR) is 374 cm³/mol. The van der Waals surface area contributed by atoms with Gasteiger partial charge in [0.2, 0.25) is 5.91 Å². The number of hydrogen-bond donors (Lipinski definition) is 12. The minimum Gasteiger partial charge on any atom is -0.394 e. The fourth-order valence-corrected chi connectivity index (χ4v) is 13.2. The Hall–Kier alpha value is -1.99. The van der Waals surface area contributed by atoms with Crippen LogP contribution in [-0.2, 0) is 33.2 Å². The van der Waals surface area contributed by atoms with Crippen molar-refractivity contribution < 1.29 is 89.4 Å². The summed E-state index contributed by atoms with van der Waals surface area (Å²) in [6, 6.07) is -0.994. The topological polar surface area (TPSA) is 307 Å². The number of unbranched alkanes of at least 4 members (excludes halogenated alkanes) is 41. The second-order valence-corrected chi connectivity index (χ2v) is 27.8. The molecule has 558 valence electrons. The van der Waals surface area contributed by atoms with Crippen LogP contribution >= 0.6 is 0 Å². The van der Waals surface area contributed by atoms with Gasteiger partial charge in [-0.25, -0.2) is 0 Å². The van der Waals surface area contributed by atoms with Gasteiger partial charge < -0.3 is 89.9 Å². The maximum absolute atomic E-state index is 13.4. The molecule has 19 nitrogen and oxygen atoms in total. The molecule has 0 aromatic carbocycles. The second kappa shape index (κ2) is 57.6. The van der Waals surface area contributed by atoms with E-state index in [9.17, 15) is 61.0 Å². The van der Waals surface area contributed by atoms with Crippen molar-refractivity contribution in [1.82, 2.24) is 5.32 Å². The first kappa shape index (κ1) is 87.2. The van der Waals surface area contributed by atoms with Crippen molar-refractivity contribution in [2.24, 2.45) is 0 Å². The van der Waals surface area contributed by atoms with Gasteiger partial charge in [-0.1, -0.05) is 301 Å². The summed E-state index contributed by atoms with van der Waals surface area (Å²) in [4.78, 5) is 13.4. The summed E-state index contributed by atoms with van der Waals surface area (Å²) in [5.41, 5.74) is 0. The Morgan fingerprint density at radius 2 is 0.674 bits per heavy atom. The molecule has 3 saturated heterocycles. The van der Waals surface area contributed by atoms with E-state index in [4.69, 9.17) is 28.4 Å². The average Bonchev–Trinajstić information content (AvgIpc) is 0.787. The van der Waals surface area contributed by atoms with Gasteiger partial charge in [-0.3, -0.25) is 4.79 Å². The van der Waals surface area contributed by atoms with Crippen molar-refractivity contribution in [3.8, 4) is 0 Å². The molecule has 0 saturated carbocycles. The zero-order chi connectivity index (χ0) is 68.9. The molecule has 0 spiro atoms. The third-order valence-corrected chi connectivity index (χ3v) is 19.4. The molecule has 0 aromatic heterocycles. The Kier molecular flexibility index (Phi) is 52.9. The lowest BCUT2D eigenvalue weighted by Crippen LogP contribution is -2.66. The minimum absolute atomic E-state index is 0.236. The molecule has 3 heterocycles. The highest BCUT2D eigenvalue weighted by Crippen LogP contribution is 2.33. The van der Waals surface area contributed by atoms with Crippen molar-refractivity contribution >= 4 is 5.91 Å². The SMILES string of the molecule is CCCC/C=C/CC/C=C/CC/C=C/C(O)C(COC1OC(CO)C(OC2OC(CO)C(OC3OC(CO)C(O)C(O)C3O)C(O)C2O)C(O)C1O)NC(=O)CCCCCCCCCCCCCCCCCCCCCCCCCCCCCCCCCCCCCCCC. The lowest BCUT2D eigenvalue weighted by atomic mass is 9.96. The molecule has 0 radical (unpaired) electrons. The zero-order valence-electron chi connectivity index (χ0n) is 59.4. The maximum atomic E-state index is 13.4. The van der Waals surface area contributed by atoms with Gasteiger partial charge in [0, 0.05) is 6.42 Å². The normalized spacial score (nSPS) is 27.4. The van der Waals surface area contributed by atoms with Crippen LogP contribution in [0.2, 0.25) is 0 Å². The summed E-state index contributed by atoms with van der Waals surface area (Å²) in [5, 5.41) is 120. The smallest absolute Gasteiger partial charge is 0.220 e. The number of carbonyl (C=O) groups excluding carboxylic acids is 1. The molecule has 3 fully saturated rings. The van der Waals surface area contributed by atoms with Gasteiger partial charge in [-0.2, -0.15) is 0 Å². The molecule has 17 unspecified atom stereocenters. The Morgan fingerprint density at radius 1 is 0.368 bits per heavy atom. The van der Waals surface area contributed by atoms with Crippen LogP contribution in [0, 0.1) is 0 Å². The van der Waals surface area contributed by atoms with Crippen LogP contribution < -0.4 is 5.32 Å². The van der Waals surface area contributed by atoms with Gasteiger partial charge in [0.15, 0.2) is 18.9 Å². The molecule has 0 bridgehead atoms. The van der Waals surface area contributed by atoms with E-state index in [0.717, 1.165) is 44.9 Å². The monoisotopic (exact) mass is 1360 g/mol. The fraction of sp³-hybridized carbons (Fsp3) is 0.908. The van der Waals surface area contributed by atoms with Crippen LogP contribution in [0.25, 0.3) is 0 Å². The van der Waals surface area contributed by atoms with E-state index in [1.807, 2.05) is 6.08 Å². The minimum atomic E-state index is -1.98. The summed E-state index contributed by atoms with van der Waals surface area (Å²) in [6.07, 6.45) is 43.4. The predicted octanol–water partition coefficient (Wildman–Crippen LogP) is 11.9. The molecule has 3 rings (SSSR count). The van der Waals surface area contributed by atoms with E-state index in [1.165, 1.54) is 231 Å². The third-order valence-electron chi connectivity index (χ3n) is 19.4. The van der Waals surface area contributed by atoms with Crippen LogP contribution in [0.15, 0.2) is 36.5 Å². The third kappa shape index (κ3) is 38.6. The summed E-state index contributed by atoms with van der Waals surface area (Å²) < 4.78 is 34.3. The number of amides is 1. The summed E-state index contributed by atoms with van der Waals surface area (Å²) in [6.45, 7) is 1.68. The number of allylic oxidation sites excluding steroid dienone is 5. The number of carbonyl (C=O) groups is 1. The van der Waals surface area contributed by atoms with Crippen molar-refractivity contribution in [2.75, 3.05) is 26.4 Å². The lowest BCUT2D eigenvalue weighted by Gasteiger charge is -2.48. The molecule has 3 aliphatic heterocycles. The molecule has 0 aromatic rings. The van der Waals surface area contributed by atoms with Gasteiger partial charge in [-0.05, 0) is 38.5 Å². The number of ether oxygens (including phenoxy) is 6. The summed E-state index contributed by atoms with van der Waals surface area (Å²) >= 11 is 0. The Morgan fingerprint density at radius 3 is 1.04 bits per heavy atom. The van der Waals surface area contributed by atoms with Gasteiger partial charge >= 0.3 is 0 Å². The number of hydrogen-bond acceptors (Lipinski definition) is 18. The standard InChI is InChI=1S/C76H141NO18/c1-3-5-7-9-11-13-15-17-18-19-20-21-22-23-24-25-26-27-28-29-30-31-32-33-34-35-36-37-38-39-40-41-42-44-46-48-50-52-54-64(82)77-59(60(81)53-51-49-47-45-43-16-14-12-10-8-6-4-2)58-90-74-70(88)67(85)72(62(56-79)92-74)95-76-71(89)68(86)73(63(57-80)93-76)94-75-69(87)66(84)65(83)61(55-78)91-75/h10,12,43,45,51,53,59-63,65-76,78-81,83-89H,3-9,11,13-42,44,46-50,52,54-58H2,1-2H3,(H,77,82)/b12-10+,45-43+,53-51+. The quantitative estimate of drug-likeness (QED) is 0.0199. The highest BCUT2D eigenvalue weighted by molar-refractivity contribution is 5.76. The number of aliphatic hydroxyl groups is 11. The van der Waals surface area contributed by atoms with Gasteiger partial charge in [0.1, 0.15) is 73.2 Å². The van der Waals surface area contributed by atoms with Crippen LogP contribution in [0.4, 0.5) is 0 Å². The van der Waals surface area contributed by atoms with Crippen molar-refractivity contribution in [3.05, 3.63) is 36.5 Å². The number of nitrogens with one attached hydrogen (secondary N) is 1. The Bertz CT molecular complexity index is 1860.